The Labute approximate surface area is 130 Å². The molecule has 1 unspecified atom stereocenters. The lowest BCUT2D eigenvalue weighted by molar-refractivity contribution is 0.692. The summed E-state index contributed by atoms with van der Waals surface area (Å²) in [5, 5.41) is 3.34. The van der Waals surface area contributed by atoms with E-state index < -0.39 is 0 Å². The average molecular weight is 346 g/mol. The highest BCUT2D eigenvalue weighted by molar-refractivity contribution is 9.10. The zero-order valence-corrected chi connectivity index (χ0v) is 13.4. The van der Waals surface area contributed by atoms with Crippen LogP contribution in [0.1, 0.15) is 22.7 Å². The molecule has 0 amide bonds. The summed E-state index contributed by atoms with van der Waals surface area (Å²) in [4.78, 5) is 16.9. The normalized spacial score (nSPS) is 12.7. The van der Waals surface area contributed by atoms with Crippen LogP contribution >= 0.6 is 15.9 Å². The number of imidazole rings is 1. The van der Waals surface area contributed by atoms with Crippen molar-refractivity contribution in [2.24, 2.45) is 0 Å². The largest absolute Gasteiger partial charge is 0.323 e. The van der Waals surface area contributed by atoms with Crippen LogP contribution in [0.25, 0.3) is 11.0 Å². The van der Waals surface area contributed by atoms with E-state index in [0.29, 0.717) is 0 Å². The van der Waals surface area contributed by atoms with Crippen molar-refractivity contribution in [3.05, 3.63) is 68.0 Å². The number of H-pyrrole nitrogens is 2. The van der Waals surface area contributed by atoms with Crippen LogP contribution in [-0.2, 0) is 0 Å². The molecule has 108 valence electrons. The number of fused-ring (bicyclic) bond motifs is 1. The summed E-state index contributed by atoms with van der Waals surface area (Å²) in [6, 6.07) is 12.4. The Kier molecular flexibility index (Phi) is 3.69. The first-order valence-corrected chi connectivity index (χ1v) is 7.53. The summed E-state index contributed by atoms with van der Waals surface area (Å²) in [7, 11) is 1.94. The molecule has 1 aromatic heterocycles. The van der Waals surface area contributed by atoms with Gasteiger partial charge in [0, 0.05) is 4.47 Å². The molecule has 3 N–H and O–H groups in total. The quantitative estimate of drug-likeness (QED) is 0.682. The van der Waals surface area contributed by atoms with Crippen LogP contribution in [-0.4, -0.2) is 17.0 Å². The molecule has 1 atom stereocenters. The maximum Gasteiger partial charge on any atom is 0.323 e. The van der Waals surface area contributed by atoms with Crippen LogP contribution in [0.4, 0.5) is 0 Å². The van der Waals surface area contributed by atoms with Crippen molar-refractivity contribution in [3.63, 3.8) is 0 Å². The van der Waals surface area contributed by atoms with Crippen LogP contribution in [0, 0.1) is 6.92 Å². The van der Waals surface area contributed by atoms with Gasteiger partial charge in [-0.15, -0.1) is 0 Å². The molecule has 0 saturated carbocycles. The molecule has 0 spiro atoms. The first-order valence-electron chi connectivity index (χ1n) is 6.74. The number of halogens is 1. The van der Waals surface area contributed by atoms with Crippen molar-refractivity contribution in [1.82, 2.24) is 15.3 Å². The number of aromatic amines is 2. The van der Waals surface area contributed by atoms with Crippen LogP contribution < -0.4 is 11.0 Å². The van der Waals surface area contributed by atoms with Gasteiger partial charge < -0.3 is 15.3 Å². The fraction of sp³-hybridized carbons (Fsp3) is 0.188. The molecule has 0 fully saturated rings. The van der Waals surface area contributed by atoms with Crippen molar-refractivity contribution >= 4 is 27.0 Å². The number of hydrogen-bond acceptors (Lipinski definition) is 2. The second kappa shape index (κ2) is 5.50. The highest BCUT2D eigenvalue weighted by atomic mass is 79.9. The van der Waals surface area contributed by atoms with Crippen molar-refractivity contribution < 1.29 is 0 Å². The van der Waals surface area contributed by atoms with Gasteiger partial charge in [-0.1, -0.05) is 34.1 Å². The molecule has 0 aliphatic heterocycles. The summed E-state index contributed by atoms with van der Waals surface area (Å²) in [6.07, 6.45) is 0. The maximum atomic E-state index is 11.4. The maximum absolute atomic E-state index is 11.4. The second-order valence-corrected chi connectivity index (χ2v) is 5.97. The summed E-state index contributed by atoms with van der Waals surface area (Å²) in [6.45, 7) is 2.08. The highest BCUT2D eigenvalue weighted by Crippen LogP contribution is 2.27. The zero-order valence-electron chi connectivity index (χ0n) is 11.8. The number of rotatable bonds is 3. The minimum atomic E-state index is -0.178. The van der Waals surface area contributed by atoms with Gasteiger partial charge in [0.25, 0.3) is 0 Å². The molecular formula is C16H16BrN3O. The Balaban J connectivity index is 2.08. The van der Waals surface area contributed by atoms with Crippen LogP contribution in [0.5, 0.6) is 0 Å². The lowest BCUT2D eigenvalue weighted by atomic mass is 9.97. The van der Waals surface area contributed by atoms with Crippen LogP contribution in [0.15, 0.2) is 45.7 Å². The fourth-order valence-electron chi connectivity index (χ4n) is 2.60. The summed E-state index contributed by atoms with van der Waals surface area (Å²) in [5.41, 5.74) is 4.97. The van der Waals surface area contributed by atoms with Gasteiger partial charge in [-0.25, -0.2) is 4.79 Å². The fourth-order valence-corrected chi connectivity index (χ4v) is 2.85. The number of benzene rings is 2. The van der Waals surface area contributed by atoms with Crippen molar-refractivity contribution in [2.45, 2.75) is 13.0 Å². The van der Waals surface area contributed by atoms with E-state index in [9.17, 15) is 4.79 Å². The van der Waals surface area contributed by atoms with E-state index >= 15 is 0 Å². The average Bonchev–Trinajstić information content (AvgIpc) is 2.83. The Hall–Kier alpha value is -1.85. The minimum Gasteiger partial charge on any atom is -0.309 e. The van der Waals surface area contributed by atoms with E-state index in [2.05, 4.69) is 56.3 Å². The van der Waals surface area contributed by atoms with Gasteiger partial charge >= 0.3 is 5.69 Å². The Morgan fingerprint density at radius 2 is 1.71 bits per heavy atom. The molecule has 2 aromatic carbocycles. The molecule has 5 heteroatoms. The van der Waals surface area contributed by atoms with E-state index in [1.54, 1.807) is 0 Å². The Morgan fingerprint density at radius 3 is 2.43 bits per heavy atom. The molecule has 4 nitrogen and oxygen atoms in total. The molecule has 3 aromatic rings. The van der Waals surface area contributed by atoms with Crippen LogP contribution in [0.3, 0.4) is 0 Å². The van der Waals surface area contributed by atoms with Gasteiger partial charge in [-0.3, -0.25) is 0 Å². The van der Waals surface area contributed by atoms with Gasteiger partial charge in [-0.05, 0) is 48.9 Å². The van der Waals surface area contributed by atoms with Gasteiger partial charge in [0.1, 0.15) is 0 Å². The monoisotopic (exact) mass is 345 g/mol. The third kappa shape index (κ3) is 2.66. The van der Waals surface area contributed by atoms with Crippen molar-refractivity contribution in [3.8, 4) is 0 Å². The Morgan fingerprint density at radius 1 is 1.05 bits per heavy atom. The van der Waals surface area contributed by atoms with Gasteiger partial charge in [-0.2, -0.15) is 0 Å². The highest BCUT2D eigenvalue weighted by Gasteiger charge is 2.13. The predicted octanol–water partition coefficient (Wildman–Crippen LogP) is 3.24. The van der Waals surface area contributed by atoms with Crippen molar-refractivity contribution in [2.75, 3.05) is 7.05 Å². The molecule has 3 rings (SSSR count). The first-order chi connectivity index (χ1) is 10.1. The first kappa shape index (κ1) is 14.1. The van der Waals surface area contributed by atoms with E-state index in [1.165, 1.54) is 11.1 Å². The van der Waals surface area contributed by atoms with Gasteiger partial charge in [0.05, 0.1) is 17.1 Å². The number of aromatic nitrogens is 2. The molecule has 0 bridgehead atoms. The second-order valence-electron chi connectivity index (χ2n) is 5.11. The molecule has 0 aliphatic carbocycles. The van der Waals surface area contributed by atoms with E-state index in [4.69, 9.17) is 0 Å². The Bertz CT molecular complexity index is 850. The molecule has 21 heavy (non-hydrogen) atoms. The van der Waals surface area contributed by atoms with Gasteiger partial charge in [0.15, 0.2) is 0 Å². The van der Waals surface area contributed by atoms with E-state index in [1.807, 2.05) is 25.2 Å². The molecule has 0 aliphatic rings. The predicted molar refractivity (Wildman–Crippen MR) is 88.7 cm³/mol. The smallest absolute Gasteiger partial charge is 0.309 e. The SMILES string of the molecule is CNC(c1ccc(Br)c(C)c1)c1ccc2[nH]c(=O)[nH]c2c1. The lowest BCUT2D eigenvalue weighted by Crippen LogP contribution is -2.17. The van der Waals surface area contributed by atoms with Crippen molar-refractivity contribution in [1.29, 1.82) is 0 Å². The topological polar surface area (TPSA) is 60.7 Å². The third-order valence-electron chi connectivity index (χ3n) is 3.68. The van der Waals surface area contributed by atoms with E-state index in [-0.39, 0.29) is 11.7 Å². The molecule has 1 heterocycles. The third-order valence-corrected chi connectivity index (χ3v) is 4.57. The number of hydrogen-bond donors (Lipinski definition) is 3. The molecule has 0 radical (unpaired) electrons. The molecular weight excluding hydrogens is 330 g/mol. The molecule has 0 saturated heterocycles. The van der Waals surface area contributed by atoms with Crippen LogP contribution in [0.2, 0.25) is 0 Å². The van der Waals surface area contributed by atoms with E-state index in [0.717, 1.165) is 21.1 Å². The van der Waals surface area contributed by atoms with Gasteiger partial charge in [0.2, 0.25) is 0 Å². The summed E-state index contributed by atoms with van der Waals surface area (Å²) < 4.78 is 1.10. The summed E-state index contributed by atoms with van der Waals surface area (Å²) in [5.74, 6) is 0. The summed E-state index contributed by atoms with van der Waals surface area (Å²) >= 11 is 3.53. The number of aryl methyl sites for hydroxylation is 1. The lowest BCUT2D eigenvalue weighted by Gasteiger charge is -2.18. The zero-order chi connectivity index (χ0) is 15.0. The minimum absolute atomic E-state index is 0.0830. The number of nitrogens with one attached hydrogen (secondary N) is 3. The standard InChI is InChI=1S/C16H16BrN3O/c1-9-7-10(3-5-12(9)17)15(18-2)11-4-6-13-14(8-11)20-16(21)19-13/h3-8,15,18H,1-2H3,(H2,19,20,21).